The summed E-state index contributed by atoms with van der Waals surface area (Å²) in [4.78, 5) is 10.0. The first kappa shape index (κ1) is 6.59. The third-order valence-corrected chi connectivity index (χ3v) is 0.498. The van der Waals surface area contributed by atoms with Crippen LogP contribution in [0.2, 0.25) is 0 Å². The molecule has 7 heavy (non-hydrogen) atoms. The van der Waals surface area contributed by atoms with E-state index in [0.29, 0.717) is 0 Å². The standard InChI is InChI=1S/C4H9NO2/c1-4(6)3-5(2)7/h5H,3H2,1-2H3. The summed E-state index contributed by atoms with van der Waals surface area (Å²) < 4.78 is 0. The molecule has 0 aliphatic carbocycles. The van der Waals surface area contributed by atoms with Crippen molar-refractivity contribution in [3.8, 4) is 0 Å². The average Bonchev–Trinajstić information content (AvgIpc) is 1.27. The number of rotatable bonds is 2. The quantitative estimate of drug-likeness (QED) is 0.436. The van der Waals surface area contributed by atoms with Gasteiger partial charge >= 0.3 is 0 Å². The summed E-state index contributed by atoms with van der Waals surface area (Å²) >= 11 is 0. The maximum Gasteiger partial charge on any atom is 0.184 e. The van der Waals surface area contributed by atoms with Crippen LogP contribution in [0.1, 0.15) is 6.92 Å². The molecule has 0 bridgehead atoms. The smallest absolute Gasteiger partial charge is 0.184 e. The van der Waals surface area contributed by atoms with E-state index in [9.17, 15) is 10.0 Å². The van der Waals surface area contributed by atoms with Gasteiger partial charge < -0.3 is 10.3 Å². The lowest BCUT2D eigenvalue weighted by atomic mass is 10.4. The molecule has 0 fully saturated rings. The van der Waals surface area contributed by atoms with Gasteiger partial charge in [0, 0.05) is 6.92 Å². The number of hydroxylamine groups is 2. The minimum atomic E-state index is -0.0625. The van der Waals surface area contributed by atoms with Gasteiger partial charge in [0.05, 0.1) is 7.05 Å². The SMILES string of the molecule is CC(=O)C[NH+](C)[O-]. The minimum Gasteiger partial charge on any atom is -0.634 e. The van der Waals surface area contributed by atoms with Gasteiger partial charge in [0.1, 0.15) is 6.54 Å². The number of likely N-dealkylation sites (N-methyl/N-ethyl adjacent to an activating group) is 1. The first-order valence-electron chi connectivity index (χ1n) is 2.12. The van der Waals surface area contributed by atoms with Crippen LogP contribution in [0.3, 0.4) is 0 Å². The predicted octanol–water partition coefficient (Wildman–Crippen LogP) is -1.41. The molecule has 3 nitrogen and oxygen atoms in total. The number of ketones is 1. The van der Waals surface area contributed by atoms with Crippen LogP contribution < -0.4 is 5.06 Å². The first-order chi connectivity index (χ1) is 3.13. The van der Waals surface area contributed by atoms with Crippen LogP contribution in [-0.4, -0.2) is 19.4 Å². The van der Waals surface area contributed by atoms with Crippen molar-refractivity contribution in [1.29, 1.82) is 0 Å². The predicted molar refractivity (Wildman–Crippen MR) is 25.8 cm³/mol. The molecule has 0 heterocycles. The van der Waals surface area contributed by atoms with Crippen LogP contribution in [0, 0.1) is 5.21 Å². The Labute approximate surface area is 42.5 Å². The number of quaternary nitrogens is 1. The van der Waals surface area contributed by atoms with E-state index in [4.69, 9.17) is 0 Å². The molecule has 0 aromatic carbocycles. The van der Waals surface area contributed by atoms with Gasteiger partial charge in [-0.15, -0.1) is 0 Å². The molecule has 0 amide bonds. The topological polar surface area (TPSA) is 44.6 Å². The average molecular weight is 103 g/mol. The van der Waals surface area contributed by atoms with E-state index in [1.54, 1.807) is 0 Å². The molecule has 0 aliphatic heterocycles. The van der Waals surface area contributed by atoms with Crippen molar-refractivity contribution < 1.29 is 9.86 Å². The molecular formula is C4H9NO2. The van der Waals surface area contributed by atoms with Gasteiger partial charge in [-0.2, -0.15) is 0 Å². The van der Waals surface area contributed by atoms with Crippen molar-refractivity contribution in [2.24, 2.45) is 0 Å². The number of carbonyl (C=O) groups excluding carboxylic acids is 1. The van der Waals surface area contributed by atoms with Gasteiger partial charge in [-0.3, -0.25) is 4.79 Å². The molecule has 0 saturated heterocycles. The number of Topliss-reactive ketones (excluding diaryl/α,β-unsaturated/α-hetero) is 1. The highest BCUT2D eigenvalue weighted by atomic mass is 16.5. The van der Waals surface area contributed by atoms with Crippen molar-refractivity contribution >= 4 is 5.78 Å². The monoisotopic (exact) mass is 103 g/mol. The maximum absolute atomic E-state index is 10.0. The summed E-state index contributed by atoms with van der Waals surface area (Å²) in [5, 5.41) is 9.97. The number of hydrogen-bond donors (Lipinski definition) is 1. The number of carbonyl (C=O) groups is 1. The van der Waals surface area contributed by atoms with Gasteiger partial charge in [0.15, 0.2) is 5.78 Å². The second-order valence-corrected chi connectivity index (χ2v) is 1.58. The molecule has 3 heteroatoms. The summed E-state index contributed by atoms with van der Waals surface area (Å²) in [7, 11) is 1.40. The third kappa shape index (κ3) is 5.59. The van der Waals surface area contributed by atoms with Crippen LogP contribution in [0.25, 0.3) is 0 Å². The van der Waals surface area contributed by atoms with E-state index in [0.717, 1.165) is 0 Å². The number of nitrogens with one attached hydrogen (secondary N) is 1. The molecule has 42 valence electrons. The molecule has 1 N–H and O–H groups in total. The lowest BCUT2D eigenvalue weighted by Crippen LogP contribution is -3.04. The van der Waals surface area contributed by atoms with Gasteiger partial charge in [-0.05, 0) is 0 Å². The molecule has 0 spiro atoms. The van der Waals surface area contributed by atoms with Crippen molar-refractivity contribution in [2.75, 3.05) is 13.6 Å². The Morgan fingerprint density at radius 3 is 2.29 bits per heavy atom. The zero-order valence-electron chi connectivity index (χ0n) is 4.52. The minimum absolute atomic E-state index is 0.0625. The van der Waals surface area contributed by atoms with E-state index in [1.807, 2.05) is 0 Å². The molecule has 0 saturated carbocycles. The molecule has 1 atom stereocenters. The Balaban J connectivity index is 3.13. The Morgan fingerprint density at radius 1 is 1.86 bits per heavy atom. The summed E-state index contributed by atoms with van der Waals surface area (Å²) in [5.41, 5.74) is 0. The molecule has 1 unspecified atom stereocenters. The molecule has 0 rings (SSSR count). The Kier molecular flexibility index (Phi) is 2.55. The van der Waals surface area contributed by atoms with E-state index >= 15 is 0 Å². The van der Waals surface area contributed by atoms with Gasteiger partial charge in [0.25, 0.3) is 0 Å². The maximum atomic E-state index is 10.0. The van der Waals surface area contributed by atoms with Gasteiger partial charge in [0.2, 0.25) is 0 Å². The summed E-state index contributed by atoms with van der Waals surface area (Å²) in [6.07, 6.45) is 0. The van der Waals surface area contributed by atoms with Crippen molar-refractivity contribution in [2.45, 2.75) is 6.92 Å². The Bertz CT molecular complexity index is 70.1. The van der Waals surface area contributed by atoms with Gasteiger partial charge in [-0.1, -0.05) is 0 Å². The second kappa shape index (κ2) is 2.71. The van der Waals surface area contributed by atoms with E-state index in [2.05, 4.69) is 0 Å². The van der Waals surface area contributed by atoms with E-state index in [1.165, 1.54) is 14.0 Å². The second-order valence-electron chi connectivity index (χ2n) is 1.58. The highest BCUT2D eigenvalue weighted by Crippen LogP contribution is 1.53. The van der Waals surface area contributed by atoms with Gasteiger partial charge in [-0.25, -0.2) is 0 Å². The van der Waals surface area contributed by atoms with Crippen LogP contribution >= 0.6 is 0 Å². The first-order valence-corrected chi connectivity index (χ1v) is 2.12. The van der Waals surface area contributed by atoms with Crippen molar-refractivity contribution in [3.05, 3.63) is 5.21 Å². The molecule has 0 aromatic heterocycles. The number of hydrogen-bond acceptors (Lipinski definition) is 2. The van der Waals surface area contributed by atoms with Crippen LogP contribution in [0.4, 0.5) is 0 Å². The largest absolute Gasteiger partial charge is 0.634 e. The molecule has 0 radical (unpaired) electrons. The third-order valence-electron chi connectivity index (χ3n) is 0.498. The van der Waals surface area contributed by atoms with Crippen LogP contribution in [0.15, 0.2) is 0 Å². The molecular weight excluding hydrogens is 94.0 g/mol. The lowest BCUT2D eigenvalue weighted by Gasteiger charge is -2.12. The summed E-state index contributed by atoms with van der Waals surface area (Å²) in [6, 6.07) is 0. The van der Waals surface area contributed by atoms with E-state index in [-0.39, 0.29) is 17.4 Å². The van der Waals surface area contributed by atoms with Crippen molar-refractivity contribution in [3.63, 3.8) is 0 Å². The zero-order valence-corrected chi connectivity index (χ0v) is 4.52. The van der Waals surface area contributed by atoms with Crippen molar-refractivity contribution in [1.82, 2.24) is 0 Å². The fraction of sp³-hybridized carbons (Fsp3) is 0.750. The summed E-state index contributed by atoms with van der Waals surface area (Å²) in [6.45, 7) is 1.49. The lowest BCUT2D eigenvalue weighted by molar-refractivity contribution is -0.816. The highest BCUT2D eigenvalue weighted by Gasteiger charge is 1.91. The summed E-state index contributed by atoms with van der Waals surface area (Å²) in [5.74, 6) is -0.0625. The van der Waals surface area contributed by atoms with E-state index < -0.39 is 0 Å². The fourth-order valence-electron chi connectivity index (χ4n) is 0.351. The normalized spacial score (nSPS) is 13.6. The Hall–Kier alpha value is -0.410. The molecule has 0 aliphatic rings. The van der Waals surface area contributed by atoms with Crippen LogP contribution in [-0.2, 0) is 4.79 Å². The van der Waals surface area contributed by atoms with Crippen LogP contribution in [0.5, 0.6) is 0 Å². The highest BCUT2D eigenvalue weighted by molar-refractivity contribution is 5.76. The Morgan fingerprint density at radius 2 is 2.29 bits per heavy atom. The molecule has 0 aromatic rings. The fourth-order valence-corrected chi connectivity index (χ4v) is 0.351. The zero-order chi connectivity index (χ0) is 5.86.